The fourth-order valence-corrected chi connectivity index (χ4v) is 541. The van der Waals surface area contributed by atoms with E-state index in [1.54, 1.807) is 0 Å². The fourth-order valence-electron chi connectivity index (χ4n) is 4.16. The summed E-state index contributed by atoms with van der Waals surface area (Å²) in [6, 6.07) is 29.2. The van der Waals surface area contributed by atoms with Crippen molar-refractivity contribution >= 4 is 30.4 Å². The zero-order valence-corrected chi connectivity index (χ0v) is 30.3. The first-order valence-corrected chi connectivity index (χ1v) is 45.3. The summed E-state index contributed by atoms with van der Waals surface area (Å²) in [5.41, 5.74) is 2.57. The standard InChI is InChI=1S/2C7H7NO.C7H7.2CH3.2ClH.6Ti/c2*8-7(9)6-4-2-1-3-5-6;1-7-5-3-2-4-6-7;;;;;;;;;;/h2*1-5H,(H2,8,9);2-6H,1H2;2*1H3;2*1H;;;;;;/q;;;;;;;;;;;+1;+3/p-4. The van der Waals surface area contributed by atoms with Crippen LogP contribution in [0.25, 0.3) is 0 Å². The number of benzene rings is 3. The summed E-state index contributed by atoms with van der Waals surface area (Å²) in [5, 5.41) is 4.95. The molecule has 35 heavy (non-hydrogen) atoms. The third kappa shape index (κ3) is 7.78. The summed E-state index contributed by atoms with van der Waals surface area (Å²) in [7, 11) is 9.09. The third-order valence-corrected chi connectivity index (χ3v) is 236. The van der Waals surface area contributed by atoms with E-state index < -0.39 is 53.1 Å². The molecular formula is C23H25Cl2N2O2Ti6. The Morgan fingerprint density at radius 3 is 1.86 bits per heavy atom. The predicted molar refractivity (Wildman–Crippen MR) is 121 cm³/mol. The zero-order valence-electron chi connectivity index (χ0n) is 19.4. The molecule has 0 aromatic heterocycles. The topological polar surface area (TPSA) is 58.2 Å². The molecule has 0 radical (unpaired) electrons. The Bertz CT molecular complexity index is 1200. The van der Waals surface area contributed by atoms with Crippen LogP contribution in [0.4, 0.5) is 0 Å². The molecule has 4 rings (SSSR count). The Labute approximate surface area is 232 Å². The van der Waals surface area contributed by atoms with Crippen molar-refractivity contribution in [3.63, 3.8) is 0 Å². The van der Waals surface area contributed by atoms with Crippen LogP contribution in [0.1, 0.15) is 26.3 Å². The van der Waals surface area contributed by atoms with Crippen molar-refractivity contribution in [2.75, 3.05) is 0 Å². The van der Waals surface area contributed by atoms with Crippen molar-refractivity contribution in [2.24, 2.45) is 0 Å². The van der Waals surface area contributed by atoms with E-state index in [1.807, 2.05) is 66.7 Å². The average Bonchev–Trinajstić information content (AvgIpc) is 2.82. The van der Waals surface area contributed by atoms with Crippen LogP contribution in [0.15, 0.2) is 91.0 Å². The monoisotopic (exact) mass is 719 g/mol. The number of amides is 2. The van der Waals surface area contributed by atoms with E-state index in [2.05, 4.69) is 42.3 Å². The Hall–Kier alpha value is 1.47. The van der Waals surface area contributed by atoms with Crippen LogP contribution in [0.5, 0.6) is 0 Å². The number of nitrogens with one attached hydrogen (secondary N) is 2. The van der Waals surface area contributed by atoms with Crippen molar-refractivity contribution in [1.82, 2.24) is 7.60 Å². The van der Waals surface area contributed by atoms with Gasteiger partial charge in [-0.25, -0.2) is 0 Å². The molecule has 0 aliphatic carbocycles. The van der Waals surface area contributed by atoms with Crippen LogP contribution in [-0.4, -0.2) is 11.8 Å². The van der Waals surface area contributed by atoms with Gasteiger partial charge in [0.05, 0.1) is 0 Å². The van der Waals surface area contributed by atoms with Gasteiger partial charge in [-0.05, 0) is 0 Å². The molecule has 4 nitrogen and oxygen atoms in total. The van der Waals surface area contributed by atoms with Gasteiger partial charge in [-0.2, -0.15) is 0 Å². The average molecular weight is 720 g/mol. The van der Waals surface area contributed by atoms with Crippen molar-refractivity contribution in [3.8, 4) is 0 Å². The normalized spacial score (nSPS) is 18.7. The number of halogens is 2. The minimum atomic E-state index is -4.34. The summed E-state index contributed by atoms with van der Waals surface area (Å²) in [4.78, 5) is 26.8. The van der Waals surface area contributed by atoms with Gasteiger partial charge in [0.2, 0.25) is 0 Å². The molecule has 3 aromatic carbocycles. The molecule has 12 heteroatoms. The third-order valence-electron chi connectivity index (χ3n) is 5.67. The first-order valence-electron chi connectivity index (χ1n) is 11.2. The summed E-state index contributed by atoms with van der Waals surface area (Å²) < 4.78 is 7.93. The van der Waals surface area contributed by atoms with E-state index in [-0.39, 0.29) is 24.6 Å². The van der Waals surface area contributed by atoms with Crippen LogP contribution in [0.3, 0.4) is 0 Å². The van der Waals surface area contributed by atoms with Crippen LogP contribution < -0.4 is 7.60 Å². The zero-order chi connectivity index (χ0) is 25.1. The van der Waals surface area contributed by atoms with Crippen LogP contribution >= 0.6 is 18.6 Å². The number of carbonyl (C=O) groups excluding carboxylic acids is 2. The second-order valence-electron chi connectivity index (χ2n) is 9.04. The van der Waals surface area contributed by atoms with Crippen molar-refractivity contribution < 1.29 is 75.4 Å². The Balaban J connectivity index is 1.74. The second-order valence-corrected chi connectivity index (χ2v) is 117. The minimum absolute atomic E-state index is 0.0271. The van der Waals surface area contributed by atoms with E-state index in [0.717, 1.165) is 4.73 Å². The molecule has 0 spiro atoms. The van der Waals surface area contributed by atoms with Crippen molar-refractivity contribution in [2.45, 2.75) is 15.2 Å². The summed E-state index contributed by atoms with van der Waals surface area (Å²) in [6.45, 7) is 0. The van der Waals surface area contributed by atoms with Crippen molar-refractivity contribution in [1.29, 1.82) is 0 Å². The molecule has 1 saturated heterocycles. The molecule has 0 saturated carbocycles. The number of hydrogen-bond donors (Lipinski definition) is 2. The van der Waals surface area contributed by atoms with Gasteiger partial charge in [0.25, 0.3) is 0 Å². The molecule has 3 aromatic rings. The van der Waals surface area contributed by atoms with Gasteiger partial charge in [-0.3, -0.25) is 0 Å². The van der Waals surface area contributed by atoms with Crippen molar-refractivity contribution in [3.05, 3.63) is 108 Å². The molecule has 1 aliphatic rings. The van der Waals surface area contributed by atoms with E-state index in [0.29, 0.717) is 11.1 Å². The van der Waals surface area contributed by atoms with E-state index in [9.17, 15) is 9.59 Å². The maximum atomic E-state index is 13.5. The molecule has 1 aliphatic heterocycles. The van der Waals surface area contributed by atoms with Crippen LogP contribution in [0.2, 0.25) is 10.5 Å². The molecule has 0 bridgehead atoms. The van der Waals surface area contributed by atoms with Gasteiger partial charge in [0.15, 0.2) is 0 Å². The van der Waals surface area contributed by atoms with Gasteiger partial charge < -0.3 is 0 Å². The van der Waals surface area contributed by atoms with Gasteiger partial charge in [0, 0.05) is 0 Å². The summed E-state index contributed by atoms with van der Waals surface area (Å²) in [6.07, 6.45) is 0. The molecule has 0 unspecified atom stereocenters. The van der Waals surface area contributed by atoms with Gasteiger partial charge >= 0.3 is 236 Å². The number of hydrogen-bond acceptors (Lipinski definition) is 2. The molecular weight excluding hydrogens is 694 g/mol. The molecule has 1 fully saturated rings. The Morgan fingerprint density at radius 1 is 0.829 bits per heavy atom. The summed E-state index contributed by atoms with van der Waals surface area (Å²) >= 11 is -5.15. The Morgan fingerprint density at radius 2 is 1.31 bits per heavy atom. The Kier molecular flexibility index (Phi) is 10.4. The quantitative estimate of drug-likeness (QED) is 0.306. The summed E-state index contributed by atoms with van der Waals surface area (Å²) in [5.74, 6) is -0.0965. The first-order chi connectivity index (χ1) is 16.5. The van der Waals surface area contributed by atoms with Gasteiger partial charge in [0.1, 0.15) is 0 Å². The SMILES string of the molecule is [CH3][Ti]1([CH3])[Ti][Ti]([NH]C(=O)c2ccccc2)[Ti]([CH2]c2ccccc2)[Ti]([Cl])([Cl])([NH]C(=O)c2ccccc2)[Ti]1. The molecule has 177 valence electrons. The second kappa shape index (κ2) is 12.3. The molecule has 1 heterocycles. The molecule has 2 amide bonds. The van der Waals surface area contributed by atoms with E-state index in [1.165, 1.54) is 5.56 Å². The van der Waals surface area contributed by atoms with Crippen LogP contribution in [0, 0.1) is 0 Å². The predicted octanol–water partition coefficient (Wildman–Crippen LogP) is 6.03. The van der Waals surface area contributed by atoms with E-state index >= 15 is 0 Å². The van der Waals surface area contributed by atoms with E-state index in [4.69, 9.17) is 18.6 Å². The first kappa shape index (κ1) is 29.4. The van der Waals surface area contributed by atoms with Gasteiger partial charge in [-0.1, -0.05) is 0 Å². The molecule has 2 N–H and O–H groups in total. The molecule has 0 atom stereocenters. The van der Waals surface area contributed by atoms with Gasteiger partial charge in [-0.15, -0.1) is 0 Å². The van der Waals surface area contributed by atoms with Crippen LogP contribution in [-0.2, 0) is 70.6 Å². The fraction of sp³-hybridized carbons (Fsp3) is 0.130. The maximum absolute atomic E-state index is 13.5. The number of carbonyl (C=O) groups is 2. The number of rotatable bonds is 6.